The molecule has 0 aliphatic heterocycles. The highest BCUT2D eigenvalue weighted by molar-refractivity contribution is 6.31. The summed E-state index contributed by atoms with van der Waals surface area (Å²) in [5.74, 6) is -0.0763. The van der Waals surface area contributed by atoms with Gasteiger partial charge in [-0.1, -0.05) is 66.2 Å². The van der Waals surface area contributed by atoms with Crippen molar-refractivity contribution < 1.29 is 5.11 Å². The zero-order chi connectivity index (χ0) is 17.4. The number of benzene rings is 2. The molecule has 4 nitrogen and oxygen atoms in total. The zero-order valence-corrected chi connectivity index (χ0v) is 14.0. The topological polar surface area (TPSA) is 46.6 Å². The minimum Gasteiger partial charge on any atom is -0.505 e. The van der Waals surface area contributed by atoms with Gasteiger partial charge in [-0.3, -0.25) is 9.31 Å². The molecule has 0 aliphatic carbocycles. The SMILES string of the molecule is O=c1cc(O)c2cc(Cl)cn2n1Cc1ccc(-c2ccccc2)cc1. The molecule has 124 valence electrons. The Bertz CT molecular complexity index is 1100. The van der Waals surface area contributed by atoms with Crippen molar-refractivity contribution in [3.05, 3.63) is 93.9 Å². The summed E-state index contributed by atoms with van der Waals surface area (Å²) in [6, 6.07) is 21.0. The van der Waals surface area contributed by atoms with E-state index in [1.165, 1.54) is 6.07 Å². The normalized spacial score (nSPS) is 11.1. The predicted molar refractivity (Wildman–Crippen MR) is 99.3 cm³/mol. The molecular formula is C20H15ClN2O2. The van der Waals surface area contributed by atoms with Crippen molar-refractivity contribution in [2.24, 2.45) is 0 Å². The molecule has 0 saturated heterocycles. The Kier molecular flexibility index (Phi) is 3.82. The lowest BCUT2D eigenvalue weighted by Crippen LogP contribution is -2.25. The summed E-state index contributed by atoms with van der Waals surface area (Å²) in [5, 5.41) is 10.4. The van der Waals surface area contributed by atoms with Crippen molar-refractivity contribution in [2.45, 2.75) is 6.54 Å². The van der Waals surface area contributed by atoms with Crippen molar-refractivity contribution in [3.63, 3.8) is 0 Å². The molecule has 0 fully saturated rings. The van der Waals surface area contributed by atoms with Gasteiger partial charge in [0, 0.05) is 12.3 Å². The van der Waals surface area contributed by atoms with Crippen LogP contribution in [0.15, 0.2) is 77.7 Å². The van der Waals surface area contributed by atoms with Crippen LogP contribution in [0.3, 0.4) is 0 Å². The standard InChI is InChI=1S/C20H15ClN2O2/c21-17-10-18-19(24)11-20(25)23(22(18)13-17)12-14-6-8-16(9-7-14)15-4-2-1-3-5-15/h1-11,13,24H,12H2. The second-order valence-electron chi connectivity index (χ2n) is 5.88. The molecule has 2 aromatic carbocycles. The summed E-state index contributed by atoms with van der Waals surface area (Å²) >= 11 is 6.02. The minimum atomic E-state index is -0.288. The number of hydrogen-bond donors (Lipinski definition) is 1. The fourth-order valence-corrected chi connectivity index (χ4v) is 3.14. The summed E-state index contributed by atoms with van der Waals surface area (Å²) in [6.45, 7) is 0.385. The first-order chi connectivity index (χ1) is 12.1. The van der Waals surface area contributed by atoms with Gasteiger partial charge in [0.2, 0.25) is 0 Å². The third kappa shape index (κ3) is 2.92. The molecule has 25 heavy (non-hydrogen) atoms. The van der Waals surface area contributed by atoms with E-state index < -0.39 is 0 Å². The second-order valence-corrected chi connectivity index (χ2v) is 6.31. The molecule has 0 aliphatic rings. The lowest BCUT2D eigenvalue weighted by atomic mass is 10.0. The Morgan fingerprint density at radius 1 is 0.920 bits per heavy atom. The van der Waals surface area contributed by atoms with Crippen molar-refractivity contribution in [1.82, 2.24) is 9.20 Å². The predicted octanol–water partition coefficient (Wildman–Crippen LogP) is 4.18. The molecular weight excluding hydrogens is 336 g/mol. The summed E-state index contributed by atoms with van der Waals surface area (Å²) in [7, 11) is 0. The van der Waals surface area contributed by atoms with Crippen LogP contribution in [0.4, 0.5) is 0 Å². The van der Waals surface area contributed by atoms with Crippen LogP contribution < -0.4 is 5.56 Å². The summed E-state index contributed by atoms with van der Waals surface area (Å²) in [5.41, 5.74) is 3.47. The molecule has 0 spiro atoms. The summed E-state index contributed by atoms with van der Waals surface area (Å²) < 4.78 is 3.13. The van der Waals surface area contributed by atoms with Gasteiger partial charge in [0.05, 0.1) is 11.6 Å². The van der Waals surface area contributed by atoms with Crippen molar-refractivity contribution in [3.8, 4) is 16.9 Å². The minimum absolute atomic E-state index is 0.0763. The molecule has 4 aromatic rings. The van der Waals surface area contributed by atoms with E-state index in [1.54, 1.807) is 21.5 Å². The number of nitrogens with zero attached hydrogens (tertiary/aromatic N) is 2. The van der Waals surface area contributed by atoms with Crippen molar-refractivity contribution in [2.75, 3.05) is 0 Å². The number of aromatic hydroxyl groups is 1. The van der Waals surface area contributed by atoms with E-state index in [2.05, 4.69) is 12.1 Å². The van der Waals surface area contributed by atoms with Crippen LogP contribution in [0.5, 0.6) is 5.75 Å². The number of rotatable bonds is 3. The highest BCUT2D eigenvalue weighted by Crippen LogP contribution is 2.23. The molecule has 1 N–H and O–H groups in total. The number of hydrogen-bond acceptors (Lipinski definition) is 2. The molecule has 5 heteroatoms. The second kappa shape index (κ2) is 6.15. The monoisotopic (exact) mass is 350 g/mol. The first-order valence-corrected chi connectivity index (χ1v) is 8.25. The zero-order valence-electron chi connectivity index (χ0n) is 13.3. The number of fused-ring (bicyclic) bond motifs is 1. The van der Waals surface area contributed by atoms with E-state index in [4.69, 9.17) is 11.6 Å². The van der Waals surface area contributed by atoms with Gasteiger partial charge in [-0.25, -0.2) is 4.68 Å². The first-order valence-electron chi connectivity index (χ1n) is 7.87. The van der Waals surface area contributed by atoms with Crippen molar-refractivity contribution >= 4 is 17.1 Å². The lowest BCUT2D eigenvalue weighted by Gasteiger charge is -2.11. The van der Waals surface area contributed by atoms with Crippen LogP contribution in [0.25, 0.3) is 16.6 Å². The van der Waals surface area contributed by atoms with Gasteiger partial charge >= 0.3 is 0 Å². The molecule has 4 rings (SSSR count). The van der Waals surface area contributed by atoms with Crippen LogP contribution in [0.1, 0.15) is 5.56 Å². The smallest absolute Gasteiger partial charge is 0.269 e. The lowest BCUT2D eigenvalue weighted by molar-refractivity contribution is 0.467. The van der Waals surface area contributed by atoms with Gasteiger partial charge in [0.25, 0.3) is 5.56 Å². The third-order valence-electron chi connectivity index (χ3n) is 4.20. The molecule has 2 heterocycles. The van der Waals surface area contributed by atoms with E-state index in [-0.39, 0.29) is 11.3 Å². The fraction of sp³-hybridized carbons (Fsp3) is 0.0500. The van der Waals surface area contributed by atoms with E-state index in [1.807, 2.05) is 42.5 Å². The van der Waals surface area contributed by atoms with Crippen LogP contribution in [-0.2, 0) is 6.54 Å². The largest absolute Gasteiger partial charge is 0.505 e. The van der Waals surface area contributed by atoms with Gasteiger partial charge < -0.3 is 5.11 Å². The summed E-state index contributed by atoms with van der Waals surface area (Å²) in [4.78, 5) is 12.3. The molecule has 2 aromatic heterocycles. The van der Waals surface area contributed by atoms with E-state index in [0.29, 0.717) is 17.1 Å². The van der Waals surface area contributed by atoms with Gasteiger partial charge in [-0.05, 0) is 22.8 Å². The number of halogens is 1. The molecule has 0 atom stereocenters. The van der Waals surface area contributed by atoms with Gasteiger partial charge in [0.1, 0.15) is 11.3 Å². The molecule has 0 saturated carbocycles. The highest BCUT2D eigenvalue weighted by Gasteiger charge is 2.10. The third-order valence-corrected chi connectivity index (χ3v) is 4.40. The van der Waals surface area contributed by atoms with Gasteiger partial charge in [-0.2, -0.15) is 0 Å². The average Bonchev–Trinajstić information content (AvgIpc) is 3.02. The maximum atomic E-state index is 12.3. The highest BCUT2D eigenvalue weighted by atomic mass is 35.5. The Balaban J connectivity index is 1.71. The van der Waals surface area contributed by atoms with Crippen LogP contribution in [0, 0.1) is 0 Å². The Hall–Kier alpha value is -2.98. The number of aromatic nitrogens is 2. The van der Waals surface area contributed by atoms with Gasteiger partial charge in [-0.15, -0.1) is 0 Å². The van der Waals surface area contributed by atoms with Crippen LogP contribution >= 0.6 is 11.6 Å². The molecule has 0 amide bonds. The van der Waals surface area contributed by atoms with E-state index in [9.17, 15) is 9.90 Å². The quantitative estimate of drug-likeness (QED) is 0.602. The Morgan fingerprint density at radius 2 is 1.60 bits per heavy atom. The van der Waals surface area contributed by atoms with Gasteiger partial charge in [0.15, 0.2) is 0 Å². The molecule has 0 radical (unpaired) electrons. The van der Waals surface area contributed by atoms with Crippen LogP contribution in [0.2, 0.25) is 5.02 Å². The van der Waals surface area contributed by atoms with E-state index >= 15 is 0 Å². The average molecular weight is 351 g/mol. The Morgan fingerprint density at radius 3 is 2.32 bits per heavy atom. The van der Waals surface area contributed by atoms with Crippen molar-refractivity contribution in [1.29, 1.82) is 0 Å². The van der Waals surface area contributed by atoms with E-state index in [0.717, 1.165) is 16.7 Å². The maximum Gasteiger partial charge on any atom is 0.269 e. The van der Waals surface area contributed by atoms with Crippen LogP contribution in [-0.4, -0.2) is 14.3 Å². The fourth-order valence-electron chi connectivity index (χ4n) is 2.94. The molecule has 0 bridgehead atoms. The maximum absolute atomic E-state index is 12.3. The molecule has 0 unspecified atom stereocenters. The first kappa shape index (κ1) is 15.5. The Labute approximate surface area is 149 Å². The summed E-state index contributed by atoms with van der Waals surface area (Å²) in [6.07, 6.45) is 1.62.